The van der Waals surface area contributed by atoms with E-state index in [1.165, 1.54) is 0 Å². The number of nitrogens with zero attached hydrogens (tertiary/aromatic N) is 2. The molecule has 0 aliphatic heterocycles. The van der Waals surface area contributed by atoms with Crippen molar-refractivity contribution in [3.05, 3.63) is 142 Å². The number of halogens is 2. The van der Waals surface area contributed by atoms with E-state index in [9.17, 15) is 18.7 Å². The molecular formula is C50H56F2IrN2O2-2. The quantitative estimate of drug-likeness (QED) is 0.0844. The Labute approximate surface area is 357 Å². The fourth-order valence-corrected chi connectivity index (χ4v) is 6.76. The number of carbonyl (C=O) groups excluding carboxylic acids is 1. The summed E-state index contributed by atoms with van der Waals surface area (Å²) in [6, 6.07) is 27.1. The van der Waals surface area contributed by atoms with E-state index in [0.717, 1.165) is 90.4 Å². The van der Waals surface area contributed by atoms with Gasteiger partial charge in [0.2, 0.25) is 5.92 Å². The van der Waals surface area contributed by atoms with Crippen LogP contribution in [0.2, 0.25) is 0 Å². The minimum Gasteiger partial charge on any atom is -0.512 e. The first-order valence-electron chi connectivity index (χ1n) is 21.2. The van der Waals surface area contributed by atoms with Crippen molar-refractivity contribution in [1.82, 2.24) is 9.97 Å². The van der Waals surface area contributed by atoms with Crippen LogP contribution in [0.3, 0.4) is 0 Å². The molecule has 7 heteroatoms. The molecule has 1 unspecified atom stereocenters. The van der Waals surface area contributed by atoms with E-state index in [1.807, 2.05) is 104 Å². The van der Waals surface area contributed by atoms with Crippen molar-refractivity contribution in [3.8, 4) is 22.5 Å². The molecule has 0 saturated heterocycles. The van der Waals surface area contributed by atoms with E-state index in [2.05, 4.69) is 34.2 Å². The standard InChI is InChI=1S/2C18H16N.C14H24F2O2.Ir/c2*1-12-4-5-17-15(9-12)6-7-19-18(17)16-10-13(2)8-14(3)11-16;1-5-10(6-2)12(17)8-13(18)11(7-3)9-14(4,15)16;/h2*4-10H,1-3H3;8,10-11,18H,5-7,9H2,1-4H3;/q2*-1;;/b;;13-8-;/i2*6D,7D;;. The molecule has 303 valence electrons. The van der Waals surface area contributed by atoms with Gasteiger partial charge < -0.3 is 15.1 Å². The third-order valence-electron chi connectivity index (χ3n) is 9.58. The summed E-state index contributed by atoms with van der Waals surface area (Å²) >= 11 is 0. The van der Waals surface area contributed by atoms with E-state index in [0.29, 0.717) is 19.3 Å². The van der Waals surface area contributed by atoms with Gasteiger partial charge >= 0.3 is 0 Å². The van der Waals surface area contributed by atoms with Gasteiger partial charge in [-0.15, -0.1) is 69.8 Å². The van der Waals surface area contributed by atoms with Crippen LogP contribution >= 0.6 is 0 Å². The van der Waals surface area contributed by atoms with Crippen molar-refractivity contribution in [2.45, 2.75) is 101 Å². The van der Waals surface area contributed by atoms with Gasteiger partial charge in [-0.3, -0.25) is 4.79 Å². The number of carbonyl (C=O) groups is 1. The summed E-state index contributed by atoms with van der Waals surface area (Å²) in [7, 11) is 0. The van der Waals surface area contributed by atoms with Crippen molar-refractivity contribution in [2.75, 3.05) is 0 Å². The van der Waals surface area contributed by atoms with Gasteiger partial charge in [0.15, 0.2) is 5.78 Å². The van der Waals surface area contributed by atoms with Gasteiger partial charge in [0.25, 0.3) is 0 Å². The topological polar surface area (TPSA) is 63.1 Å². The maximum absolute atomic E-state index is 12.9. The van der Waals surface area contributed by atoms with Crippen LogP contribution in [0.25, 0.3) is 44.1 Å². The maximum Gasteiger partial charge on any atom is 0.246 e. The Morgan fingerprint density at radius 1 is 0.719 bits per heavy atom. The van der Waals surface area contributed by atoms with Gasteiger partial charge in [-0.05, 0) is 85.1 Å². The number of aryl methyl sites for hydroxylation is 6. The normalized spacial score (nSPS) is 13.0. The first kappa shape index (κ1) is 40.6. The number of aliphatic hydroxyl groups is 1. The van der Waals surface area contributed by atoms with Crippen LogP contribution in [-0.2, 0) is 24.9 Å². The number of hydrogen-bond donors (Lipinski definition) is 1. The first-order chi connectivity index (χ1) is 28.2. The van der Waals surface area contributed by atoms with Crippen molar-refractivity contribution in [2.24, 2.45) is 11.8 Å². The molecule has 0 saturated carbocycles. The molecule has 6 aromatic rings. The minimum atomic E-state index is -2.83. The first-order valence-corrected chi connectivity index (χ1v) is 19.2. The Hall–Kier alpha value is -4.58. The zero-order valence-electron chi connectivity index (χ0n) is 38.7. The van der Waals surface area contributed by atoms with E-state index in [4.69, 9.17) is 5.48 Å². The molecule has 0 aliphatic rings. The molecule has 0 aliphatic carbocycles. The molecule has 2 heterocycles. The zero-order chi connectivity index (χ0) is 44.6. The predicted molar refractivity (Wildman–Crippen MR) is 229 cm³/mol. The summed E-state index contributed by atoms with van der Waals surface area (Å²) in [5.41, 5.74) is 9.78. The molecule has 57 heavy (non-hydrogen) atoms. The van der Waals surface area contributed by atoms with Crippen LogP contribution in [-0.4, -0.2) is 26.8 Å². The van der Waals surface area contributed by atoms with E-state index in [1.54, 1.807) is 6.92 Å². The number of ketones is 1. The molecule has 4 nitrogen and oxygen atoms in total. The molecule has 4 aromatic carbocycles. The SMILES string of the molecule is CCC(CC)C(=O)/C=C(\O)C(CC)CC(C)(F)F.[2H]c1nc(-c2[c-]c(C)cc(C)c2)c2ccc(C)cc2c1[2H].[2H]c1nc(-c2[c-]c(C)cc(C)c2)c2ccc(C)cc2c1[2H].[Ir]. The Balaban J connectivity index is 0.000000243. The molecule has 1 N–H and O–H groups in total. The summed E-state index contributed by atoms with van der Waals surface area (Å²) in [4.78, 5) is 20.4. The summed E-state index contributed by atoms with van der Waals surface area (Å²) < 4.78 is 57.9. The minimum absolute atomic E-state index is 0. The van der Waals surface area contributed by atoms with Gasteiger partial charge in [0, 0.05) is 56.8 Å². The van der Waals surface area contributed by atoms with E-state index in [-0.39, 0.29) is 62.0 Å². The van der Waals surface area contributed by atoms with Crippen molar-refractivity contribution in [3.63, 3.8) is 0 Å². The third kappa shape index (κ3) is 13.5. The summed E-state index contributed by atoms with van der Waals surface area (Å²) in [5, 5.41) is 13.2. The molecule has 0 amide bonds. The van der Waals surface area contributed by atoms with Crippen LogP contribution in [0.5, 0.6) is 0 Å². The van der Waals surface area contributed by atoms with Gasteiger partial charge in [0.05, 0.1) is 11.2 Å². The zero-order valence-corrected chi connectivity index (χ0v) is 37.1. The fourth-order valence-electron chi connectivity index (χ4n) is 6.76. The number of alkyl halides is 2. The second kappa shape index (κ2) is 21.3. The van der Waals surface area contributed by atoms with Crippen LogP contribution in [0, 0.1) is 65.5 Å². The maximum atomic E-state index is 12.9. The smallest absolute Gasteiger partial charge is 0.246 e. The third-order valence-corrected chi connectivity index (χ3v) is 9.58. The number of benzene rings is 4. The van der Waals surface area contributed by atoms with Crippen molar-refractivity contribution in [1.29, 1.82) is 0 Å². The average molecular weight is 951 g/mol. The second-order valence-electron chi connectivity index (χ2n) is 14.9. The Morgan fingerprint density at radius 2 is 1.14 bits per heavy atom. The van der Waals surface area contributed by atoms with Gasteiger partial charge in [0.1, 0.15) is 0 Å². The monoisotopic (exact) mass is 951 g/mol. The number of aliphatic hydroxyl groups excluding tert-OH is 1. The molecule has 1 atom stereocenters. The molecule has 0 fully saturated rings. The van der Waals surface area contributed by atoms with Crippen LogP contribution < -0.4 is 0 Å². The number of hydrogen-bond acceptors (Lipinski definition) is 4. The molecule has 0 spiro atoms. The number of rotatable bonds is 10. The van der Waals surface area contributed by atoms with Crippen molar-refractivity contribution >= 4 is 27.3 Å². The van der Waals surface area contributed by atoms with Gasteiger partial charge in [-0.2, -0.15) is 0 Å². The molecule has 0 bridgehead atoms. The number of allylic oxidation sites excluding steroid dienone is 2. The number of fused-ring (bicyclic) bond motifs is 2. The summed E-state index contributed by atoms with van der Waals surface area (Å²) in [5.74, 6) is -4.00. The van der Waals surface area contributed by atoms with E-state index < -0.39 is 18.3 Å². The molecule has 1 radical (unpaired) electrons. The second-order valence-corrected chi connectivity index (χ2v) is 14.9. The number of pyridine rings is 2. The Morgan fingerprint density at radius 3 is 1.51 bits per heavy atom. The Kier molecular flexibility index (Phi) is 15.1. The van der Waals surface area contributed by atoms with Crippen LogP contribution in [0.1, 0.15) is 92.2 Å². The average Bonchev–Trinajstić information content (AvgIpc) is 3.16. The molecule has 2 aromatic heterocycles. The Bertz CT molecular complexity index is 2350. The van der Waals surface area contributed by atoms with Crippen molar-refractivity contribution < 1.29 is 44.3 Å². The van der Waals surface area contributed by atoms with E-state index >= 15 is 0 Å². The fraction of sp³-hybridized carbons (Fsp3) is 0.340. The number of aromatic nitrogens is 2. The van der Waals surface area contributed by atoms with Crippen LogP contribution in [0.4, 0.5) is 8.78 Å². The summed E-state index contributed by atoms with van der Waals surface area (Å²) in [6.45, 7) is 18.4. The predicted octanol–water partition coefficient (Wildman–Crippen LogP) is 13.8. The molecule has 6 rings (SSSR count). The summed E-state index contributed by atoms with van der Waals surface area (Å²) in [6.07, 6.45) is 2.51. The largest absolute Gasteiger partial charge is 0.512 e. The molecular weight excluding hydrogens is 891 g/mol. The van der Waals surface area contributed by atoms with Gasteiger partial charge in [-0.25, -0.2) is 8.78 Å². The van der Waals surface area contributed by atoms with Crippen LogP contribution in [0.15, 0.2) is 96.9 Å². The van der Waals surface area contributed by atoms with Gasteiger partial charge in [-0.1, -0.05) is 96.0 Å².